The quantitative estimate of drug-likeness (QED) is 0.798. The first-order valence-electron chi connectivity index (χ1n) is 7.99. The van der Waals surface area contributed by atoms with Crippen LogP contribution in [-0.4, -0.2) is 43.8 Å². The lowest BCUT2D eigenvalue weighted by Gasteiger charge is -2.26. The largest absolute Gasteiger partial charge is 0.387 e. The van der Waals surface area contributed by atoms with Crippen LogP contribution in [0, 0.1) is 5.92 Å². The molecule has 0 amide bonds. The van der Waals surface area contributed by atoms with Gasteiger partial charge in [0.05, 0.1) is 11.0 Å². The zero-order valence-corrected chi connectivity index (χ0v) is 14.5. The van der Waals surface area contributed by atoms with Gasteiger partial charge in [-0.1, -0.05) is 26.0 Å². The molecular formula is C17H27NO3S. The van der Waals surface area contributed by atoms with E-state index in [0.717, 1.165) is 18.5 Å². The molecule has 1 fully saturated rings. The normalized spacial score (nSPS) is 17.2. The smallest absolute Gasteiger partial charge is 0.175 e. The minimum absolute atomic E-state index is 0.294. The lowest BCUT2D eigenvalue weighted by Crippen LogP contribution is -2.32. The summed E-state index contributed by atoms with van der Waals surface area (Å²) in [5.74, 6) is 0.660. The fraction of sp³-hybridized carbons (Fsp3) is 0.647. The van der Waals surface area contributed by atoms with E-state index in [1.165, 1.54) is 19.1 Å². The van der Waals surface area contributed by atoms with Crippen molar-refractivity contribution in [3.8, 4) is 0 Å². The fourth-order valence-electron chi connectivity index (χ4n) is 2.55. The van der Waals surface area contributed by atoms with E-state index in [-0.39, 0.29) is 0 Å². The third-order valence-electron chi connectivity index (χ3n) is 4.16. The maximum atomic E-state index is 11.5. The van der Waals surface area contributed by atoms with Crippen LogP contribution in [0.4, 0.5) is 0 Å². The number of hydrogen-bond acceptors (Lipinski definition) is 4. The van der Waals surface area contributed by atoms with Crippen LogP contribution in [0.15, 0.2) is 29.2 Å². The minimum Gasteiger partial charge on any atom is -0.387 e. The standard InChI is InChI=1S/C17H27NO3S/c1-13(2)10-11-18(15-6-7-15)12-17(19)14-4-8-16(9-5-14)22(3,20)21/h4-5,8-9,13,15,17,19H,6-7,10-12H2,1-3H3. The third kappa shape index (κ3) is 5.07. The van der Waals surface area contributed by atoms with E-state index in [9.17, 15) is 13.5 Å². The van der Waals surface area contributed by atoms with Gasteiger partial charge in [0, 0.05) is 18.8 Å². The summed E-state index contributed by atoms with van der Waals surface area (Å²) in [5.41, 5.74) is 0.780. The number of sulfone groups is 1. The van der Waals surface area contributed by atoms with Gasteiger partial charge in [-0.25, -0.2) is 8.42 Å². The van der Waals surface area contributed by atoms with Gasteiger partial charge < -0.3 is 5.11 Å². The maximum absolute atomic E-state index is 11.5. The van der Waals surface area contributed by atoms with Crippen molar-refractivity contribution >= 4 is 9.84 Å². The van der Waals surface area contributed by atoms with Crippen LogP contribution in [-0.2, 0) is 9.84 Å². The van der Waals surface area contributed by atoms with Crippen LogP contribution < -0.4 is 0 Å². The Bertz CT molecular complexity index is 576. The SMILES string of the molecule is CC(C)CCN(CC(O)c1ccc(S(C)(=O)=O)cc1)C1CC1. The second-order valence-electron chi connectivity index (χ2n) is 6.77. The molecule has 0 radical (unpaired) electrons. The molecule has 0 aliphatic heterocycles. The van der Waals surface area contributed by atoms with Gasteiger partial charge >= 0.3 is 0 Å². The summed E-state index contributed by atoms with van der Waals surface area (Å²) in [5, 5.41) is 10.4. The summed E-state index contributed by atoms with van der Waals surface area (Å²) in [6.07, 6.45) is 4.20. The van der Waals surface area contributed by atoms with Crippen molar-refractivity contribution in [2.75, 3.05) is 19.3 Å². The molecule has 1 aromatic rings. The molecule has 0 aromatic heterocycles. The fourth-order valence-corrected chi connectivity index (χ4v) is 3.18. The predicted molar refractivity (Wildman–Crippen MR) is 88.6 cm³/mol. The molecular weight excluding hydrogens is 298 g/mol. The van der Waals surface area contributed by atoms with Gasteiger partial charge in [-0.2, -0.15) is 0 Å². The average molecular weight is 325 g/mol. The summed E-state index contributed by atoms with van der Waals surface area (Å²) in [7, 11) is -3.18. The van der Waals surface area contributed by atoms with E-state index in [4.69, 9.17) is 0 Å². The lowest BCUT2D eigenvalue weighted by atomic mass is 10.1. The van der Waals surface area contributed by atoms with Crippen molar-refractivity contribution in [2.24, 2.45) is 5.92 Å². The molecule has 1 aromatic carbocycles. The van der Waals surface area contributed by atoms with E-state index in [2.05, 4.69) is 18.7 Å². The van der Waals surface area contributed by atoms with Crippen LogP contribution in [0.3, 0.4) is 0 Å². The highest BCUT2D eigenvalue weighted by atomic mass is 32.2. The number of aliphatic hydroxyl groups excluding tert-OH is 1. The van der Waals surface area contributed by atoms with Crippen molar-refractivity contribution < 1.29 is 13.5 Å². The van der Waals surface area contributed by atoms with Gasteiger partial charge in [0.1, 0.15) is 0 Å². The molecule has 0 bridgehead atoms. The van der Waals surface area contributed by atoms with E-state index in [1.807, 2.05) is 0 Å². The van der Waals surface area contributed by atoms with Crippen LogP contribution in [0.2, 0.25) is 0 Å². The number of hydrogen-bond donors (Lipinski definition) is 1. The molecule has 1 saturated carbocycles. The van der Waals surface area contributed by atoms with Crippen LogP contribution in [0.25, 0.3) is 0 Å². The zero-order valence-electron chi connectivity index (χ0n) is 13.7. The van der Waals surface area contributed by atoms with Gasteiger partial charge in [-0.15, -0.1) is 0 Å². The maximum Gasteiger partial charge on any atom is 0.175 e. The van der Waals surface area contributed by atoms with Crippen LogP contribution in [0.5, 0.6) is 0 Å². The van der Waals surface area contributed by atoms with Crippen molar-refractivity contribution in [1.29, 1.82) is 0 Å². The topological polar surface area (TPSA) is 57.6 Å². The van der Waals surface area contributed by atoms with Crippen LogP contribution in [0.1, 0.15) is 44.8 Å². The Morgan fingerprint density at radius 2 is 1.82 bits per heavy atom. The van der Waals surface area contributed by atoms with Gasteiger partial charge in [-0.3, -0.25) is 4.90 Å². The highest BCUT2D eigenvalue weighted by molar-refractivity contribution is 7.90. The third-order valence-corrected chi connectivity index (χ3v) is 5.29. The first-order valence-corrected chi connectivity index (χ1v) is 9.88. The molecule has 124 valence electrons. The summed E-state index contributed by atoms with van der Waals surface area (Å²) in [6.45, 7) is 6.06. The molecule has 1 N–H and O–H groups in total. The Morgan fingerprint density at radius 3 is 2.27 bits per heavy atom. The lowest BCUT2D eigenvalue weighted by molar-refractivity contribution is 0.105. The molecule has 22 heavy (non-hydrogen) atoms. The molecule has 0 heterocycles. The zero-order chi connectivity index (χ0) is 16.3. The van der Waals surface area contributed by atoms with E-state index < -0.39 is 15.9 Å². The molecule has 4 nitrogen and oxygen atoms in total. The Morgan fingerprint density at radius 1 is 1.23 bits per heavy atom. The van der Waals surface area contributed by atoms with Gasteiger partial charge in [0.15, 0.2) is 9.84 Å². The molecule has 1 aliphatic rings. The van der Waals surface area contributed by atoms with E-state index in [1.54, 1.807) is 24.3 Å². The predicted octanol–water partition coefficient (Wildman–Crippen LogP) is 2.63. The minimum atomic E-state index is -3.18. The first kappa shape index (κ1) is 17.4. The molecule has 5 heteroatoms. The van der Waals surface area contributed by atoms with E-state index in [0.29, 0.717) is 23.4 Å². The molecule has 1 atom stereocenters. The number of rotatable bonds is 8. The number of benzene rings is 1. The molecule has 0 saturated heterocycles. The summed E-state index contributed by atoms with van der Waals surface area (Å²) in [4.78, 5) is 2.66. The van der Waals surface area contributed by atoms with E-state index >= 15 is 0 Å². The second kappa shape index (κ2) is 7.11. The van der Waals surface area contributed by atoms with Gasteiger partial charge in [0.25, 0.3) is 0 Å². The first-order chi connectivity index (χ1) is 10.3. The van der Waals surface area contributed by atoms with Crippen molar-refractivity contribution in [3.05, 3.63) is 29.8 Å². The Hall–Kier alpha value is -0.910. The Labute approximate surface area is 134 Å². The number of nitrogens with zero attached hydrogens (tertiary/aromatic N) is 1. The highest BCUT2D eigenvalue weighted by Crippen LogP contribution is 2.29. The second-order valence-corrected chi connectivity index (χ2v) is 8.78. The van der Waals surface area contributed by atoms with Crippen molar-refractivity contribution in [2.45, 2.75) is 50.2 Å². The van der Waals surface area contributed by atoms with Crippen LogP contribution >= 0.6 is 0 Å². The molecule has 0 spiro atoms. The number of aliphatic hydroxyl groups is 1. The average Bonchev–Trinajstić information content (AvgIpc) is 3.26. The van der Waals surface area contributed by atoms with Gasteiger partial charge in [-0.05, 0) is 49.4 Å². The molecule has 1 aliphatic carbocycles. The molecule has 1 unspecified atom stereocenters. The van der Waals surface area contributed by atoms with Gasteiger partial charge in [0.2, 0.25) is 0 Å². The monoisotopic (exact) mass is 325 g/mol. The highest BCUT2D eigenvalue weighted by Gasteiger charge is 2.30. The Kier molecular flexibility index (Phi) is 5.64. The molecule has 2 rings (SSSR count). The van der Waals surface area contributed by atoms with Crippen molar-refractivity contribution in [1.82, 2.24) is 4.90 Å². The Balaban J connectivity index is 1.99. The summed E-state index contributed by atoms with van der Waals surface area (Å²) in [6, 6.07) is 7.19. The summed E-state index contributed by atoms with van der Waals surface area (Å²) >= 11 is 0. The van der Waals surface area contributed by atoms with Crippen molar-refractivity contribution in [3.63, 3.8) is 0 Å². The summed E-state index contributed by atoms with van der Waals surface area (Å²) < 4.78 is 22.9.